The largest absolute Gasteiger partial charge is 0.494 e. The van der Waals surface area contributed by atoms with Crippen molar-refractivity contribution in [1.82, 2.24) is 19.7 Å². The first-order valence-electron chi connectivity index (χ1n) is 7.35. The van der Waals surface area contributed by atoms with Crippen LogP contribution in [-0.2, 0) is 19.5 Å². The van der Waals surface area contributed by atoms with E-state index in [1.54, 1.807) is 4.57 Å². The number of para-hydroxylation sites is 1. The van der Waals surface area contributed by atoms with Crippen molar-refractivity contribution in [3.8, 4) is 5.75 Å². The number of aromatic nitrogens is 3. The summed E-state index contributed by atoms with van der Waals surface area (Å²) in [7, 11) is 0. The maximum atomic E-state index is 11.6. The van der Waals surface area contributed by atoms with Crippen LogP contribution in [0.15, 0.2) is 29.1 Å². The molecule has 0 unspecified atom stereocenters. The van der Waals surface area contributed by atoms with Crippen molar-refractivity contribution in [3.05, 3.63) is 46.1 Å². The summed E-state index contributed by atoms with van der Waals surface area (Å²) in [4.78, 5) is 14.0. The maximum absolute atomic E-state index is 11.6. The summed E-state index contributed by atoms with van der Waals surface area (Å²) in [6, 6.07) is 8.13. The molecule has 1 aliphatic heterocycles. The number of hydrogen-bond donors (Lipinski definition) is 1. The fourth-order valence-electron chi connectivity index (χ4n) is 2.71. The van der Waals surface area contributed by atoms with Crippen LogP contribution < -0.4 is 10.4 Å². The molecule has 1 aromatic carbocycles. The molecular formula is C15H20N4O2. The number of benzene rings is 1. The van der Waals surface area contributed by atoms with Gasteiger partial charge in [0.15, 0.2) is 0 Å². The Morgan fingerprint density at radius 3 is 3.00 bits per heavy atom. The van der Waals surface area contributed by atoms with Gasteiger partial charge in [0, 0.05) is 38.2 Å². The molecular weight excluding hydrogens is 268 g/mol. The summed E-state index contributed by atoms with van der Waals surface area (Å²) in [6.07, 6.45) is 0.787. The Hall–Kier alpha value is -2.08. The molecule has 1 aromatic heterocycles. The first-order valence-corrected chi connectivity index (χ1v) is 7.35. The fourth-order valence-corrected chi connectivity index (χ4v) is 2.71. The zero-order chi connectivity index (χ0) is 14.7. The highest BCUT2D eigenvalue weighted by atomic mass is 16.5. The molecule has 0 aliphatic carbocycles. The highest BCUT2D eigenvalue weighted by Crippen LogP contribution is 2.20. The fraction of sp³-hybridized carbons (Fsp3) is 0.467. The second kappa shape index (κ2) is 6.13. The van der Waals surface area contributed by atoms with Crippen molar-refractivity contribution in [3.63, 3.8) is 0 Å². The summed E-state index contributed by atoms with van der Waals surface area (Å²) in [5, 5.41) is 6.60. The smallest absolute Gasteiger partial charge is 0.343 e. The highest BCUT2D eigenvalue weighted by molar-refractivity contribution is 5.33. The van der Waals surface area contributed by atoms with Gasteiger partial charge in [0.25, 0.3) is 0 Å². The van der Waals surface area contributed by atoms with Crippen LogP contribution in [0.4, 0.5) is 0 Å². The maximum Gasteiger partial charge on any atom is 0.343 e. The van der Waals surface area contributed by atoms with Crippen molar-refractivity contribution in [2.75, 3.05) is 19.7 Å². The van der Waals surface area contributed by atoms with E-state index in [1.165, 1.54) is 5.56 Å². The molecule has 3 rings (SSSR count). The van der Waals surface area contributed by atoms with Crippen molar-refractivity contribution >= 4 is 0 Å². The number of H-pyrrole nitrogens is 1. The molecule has 2 heterocycles. The lowest BCUT2D eigenvalue weighted by atomic mass is 10.2. The van der Waals surface area contributed by atoms with E-state index in [0.717, 1.165) is 37.6 Å². The lowest BCUT2D eigenvalue weighted by molar-refractivity contribution is 0.261. The Balaban J connectivity index is 1.71. The summed E-state index contributed by atoms with van der Waals surface area (Å²) in [5.74, 6) is 1.79. The van der Waals surface area contributed by atoms with E-state index in [1.807, 2.05) is 25.1 Å². The second-order valence-electron chi connectivity index (χ2n) is 5.16. The topological polar surface area (TPSA) is 63.1 Å². The third kappa shape index (κ3) is 3.00. The van der Waals surface area contributed by atoms with Gasteiger partial charge in [-0.3, -0.25) is 9.47 Å². The summed E-state index contributed by atoms with van der Waals surface area (Å²) in [6.45, 7) is 5.91. The van der Waals surface area contributed by atoms with Crippen LogP contribution >= 0.6 is 0 Å². The molecule has 0 bridgehead atoms. The molecule has 1 aliphatic rings. The molecule has 0 amide bonds. The van der Waals surface area contributed by atoms with Crippen LogP contribution in [-0.4, -0.2) is 39.4 Å². The Bertz CT molecular complexity index is 662. The SMILES string of the molecule is CCOc1ccccc1CN1CCc2n[nH]c(=O)n2CC1. The molecule has 6 nitrogen and oxygen atoms in total. The number of rotatable bonds is 4. The van der Waals surface area contributed by atoms with E-state index < -0.39 is 0 Å². The van der Waals surface area contributed by atoms with Gasteiger partial charge in [-0.2, -0.15) is 5.10 Å². The minimum atomic E-state index is -0.110. The van der Waals surface area contributed by atoms with Crippen LogP contribution in [0.3, 0.4) is 0 Å². The molecule has 21 heavy (non-hydrogen) atoms. The lowest BCUT2D eigenvalue weighted by Crippen LogP contribution is -2.28. The Labute approximate surface area is 123 Å². The quantitative estimate of drug-likeness (QED) is 0.912. The van der Waals surface area contributed by atoms with Crippen molar-refractivity contribution < 1.29 is 4.74 Å². The minimum absolute atomic E-state index is 0.110. The Morgan fingerprint density at radius 2 is 2.14 bits per heavy atom. The predicted molar refractivity (Wildman–Crippen MR) is 79.4 cm³/mol. The minimum Gasteiger partial charge on any atom is -0.494 e. The first-order chi connectivity index (χ1) is 10.3. The van der Waals surface area contributed by atoms with Crippen molar-refractivity contribution in [1.29, 1.82) is 0 Å². The molecule has 0 saturated heterocycles. The molecule has 6 heteroatoms. The lowest BCUT2D eigenvalue weighted by Gasteiger charge is -2.21. The van der Waals surface area contributed by atoms with Gasteiger partial charge in [-0.25, -0.2) is 9.89 Å². The number of hydrogen-bond acceptors (Lipinski definition) is 4. The van der Waals surface area contributed by atoms with Gasteiger partial charge in [0.1, 0.15) is 11.6 Å². The van der Waals surface area contributed by atoms with Crippen LogP contribution in [0.5, 0.6) is 5.75 Å². The average Bonchev–Trinajstić information content (AvgIpc) is 2.72. The molecule has 0 fully saturated rings. The van der Waals surface area contributed by atoms with Gasteiger partial charge in [0.05, 0.1) is 6.61 Å². The van der Waals surface area contributed by atoms with Crippen LogP contribution in [0.25, 0.3) is 0 Å². The number of ether oxygens (including phenoxy) is 1. The van der Waals surface area contributed by atoms with E-state index in [4.69, 9.17) is 4.74 Å². The van der Waals surface area contributed by atoms with Gasteiger partial charge in [0.2, 0.25) is 0 Å². The molecule has 2 aromatic rings. The Morgan fingerprint density at radius 1 is 1.29 bits per heavy atom. The van der Waals surface area contributed by atoms with Gasteiger partial charge < -0.3 is 4.74 Å². The van der Waals surface area contributed by atoms with Gasteiger partial charge in [-0.05, 0) is 13.0 Å². The first kappa shape index (κ1) is 13.9. The third-order valence-electron chi connectivity index (χ3n) is 3.80. The number of nitrogens with one attached hydrogen (secondary N) is 1. The van der Waals surface area contributed by atoms with Crippen molar-refractivity contribution in [2.45, 2.75) is 26.4 Å². The average molecular weight is 288 g/mol. The van der Waals surface area contributed by atoms with Gasteiger partial charge >= 0.3 is 5.69 Å². The van der Waals surface area contributed by atoms with Gasteiger partial charge in [-0.15, -0.1) is 0 Å². The van der Waals surface area contributed by atoms with Crippen molar-refractivity contribution in [2.24, 2.45) is 0 Å². The predicted octanol–water partition coefficient (Wildman–Crippen LogP) is 1.03. The summed E-state index contributed by atoms with van der Waals surface area (Å²) in [5.41, 5.74) is 1.08. The summed E-state index contributed by atoms with van der Waals surface area (Å²) >= 11 is 0. The molecule has 0 spiro atoms. The molecule has 0 atom stereocenters. The standard InChI is InChI=1S/C15H20N4O2/c1-2-21-13-6-4-3-5-12(13)11-18-8-7-14-16-17-15(20)19(14)10-9-18/h3-6H,2,7-11H2,1H3,(H,17,20). The van der Waals surface area contributed by atoms with E-state index in [-0.39, 0.29) is 5.69 Å². The molecule has 1 N–H and O–H groups in total. The Kier molecular flexibility index (Phi) is 4.06. The number of aromatic amines is 1. The molecule has 0 radical (unpaired) electrons. The highest BCUT2D eigenvalue weighted by Gasteiger charge is 2.17. The third-order valence-corrected chi connectivity index (χ3v) is 3.80. The molecule has 112 valence electrons. The van der Waals surface area contributed by atoms with Crippen LogP contribution in [0.2, 0.25) is 0 Å². The zero-order valence-corrected chi connectivity index (χ0v) is 12.2. The second-order valence-corrected chi connectivity index (χ2v) is 5.16. The number of fused-ring (bicyclic) bond motifs is 1. The van der Waals surface area contributed by atoms with E-state index in [0.29, 0.717) is 13.2 Å². The zero-order valence-electron chi connectivity index (χ0n) is 12.2. The van der Waals surface area contributed by atoms with Gasteiger partial charge in [-0.1, -0.05) is 18.2 Å². The van der Waals surface area contributed by atoms with E-state index in [2.05, 4.69) is 21.2 Å². The summed E-state index contributed by atoms with van der Waals surface area (Å²) < 4.78 is 7.41. The van der Waals surface area contributed by atoms with E-state index in [9.17, 15) is 4.79 Å². The normalized spacial score (nSPS) is 15.5. The van der Waals surface area contributed by atoms with Crippen LogP contribution in [0, 0.1) is 0 Å². The monoisotopic (exact) mass is 288 g/mol. The van der Waals surface area contributed by atoms with Crippen LogP contribution in [0.1, 0.15) is 18.3 Å². The molecule has 0 saturated carbocycles. The number of nitrogens with zero attached hydrogens (tertiary/aromatic N) is 3. The van der Waals surface area contributed by atoms with E-state index >= 15 is 0 Å².